The molecule has 0 aliphatic heterocycles. The van der Waals surface area contributed by atoms with E-state index in [4.69, 9.17) is 0 Å². The highest BCUT2D eigenvalue weighted by Gasteiger charge is 2.25. The first kappa shape index (κ1) is 29.0. The molecular formula is C29H32N4O3S2. The molecule has 7 nitrogen and oxygen atoms in total. The zero-order valence-corrected chi connectivity index (χ0v) is 23.8. The van der Waals surface area contributed by atoms with E-state index in [0.717, 1.165) is 16.2 Å². The van der Waals surface area contributed by atoms with Crippen molar-refractivity contribution < 1.29 is 14.4 Å². The number of nitrogens with one attached hydrogen (secondary N) is 3. The molecular weight excluding hydrogens is 516 g/mol. The Balaban J connectivity index is 1.72. The number of thioether (sulfide) groups is 1. The van der Waals surface area contributed by atoms with Crippen LogP contribution in [-0.2, 0) is 9.59 Å². The number of hydrogen-bond donors (Lipinski definition) is 3. The summed E-state index contributed by atoms with van der Waals surface area (Å²) in [6.45, 7) is 9.64. The highest BCUT2D eigenvalue weighted by Crippen LogP contribution is 2.35. The van der Waals surface area contributed by atoms with E-state index in [2.05, 4.69) is 22.0 Å². The number of amides is 3. The number of hydrogen-bond acceptors (Lipinski definition) is 6. The minimum atomic E-state index is -0.439. The number of carbonyl (C=O) groups is 3. The second kappa shape index (κ2) is 12.8. The first-order valence-electron chi connectivity index (χ1n) is 12.3. The van der Waals surface area contributed by atoms with Gasteiger partial charge in [0.2, 0.25) is 11.8 Å². The molecule has 0 aliphatic rings. The molecule has 1 heterocycles. The number of para-hydroxylation sites is 1. The molecule has 3 aromatic rings. The Hall–Kier alpha value is -3.61. The van der Waals surface area contributed by atoms with Crippen molar-refractivity contribution in [2.45, 2.75) is 57.6 Å². The van der Waals surface area contributed by atoms with E-state index < -0.39 is 5.25 Å². The van der Waals surface area contributed by atoms with Gasteiger partial charge < -0.3 is 16.0 Å². The number of nitriles is 1. The highest BCUT2D eigenvalue weighted by molar-refractivity contribution is 8.00. The maximum absolute atomic E-state index is 13.2. The molecule has 1 unspecified atom stereocenters. The third-order valence-electron chi connectivity index (χ3n) is 5.48. The fraction of sp³-hybridized carbons (Fsp3) is 0.310. The molecule has 9 heteroatoms. The smallest absolute Gasteiger partial charge is 0.266 e. The summed E-state index contributed by atoms with van der Waals surface area (Å²) in [5.74, 6) is -0.650. The topological polar surface area (TPSA) is 111 Å². The summed E-state index contributed by atoms with van der Waals surface area (Å²) < 4.78 is 0. The van der Waals surface area contributed by atoms with E-state index in [1.165, 1.54) is 11.8 Å². The molecule has 0 spiro atoms. The Morgan fingerprint density at radius 3 is 2.32 bits per heavy atom. The highest BCUT2D eigenvalue weighted by atomic mass is 32.2. The van der Waals surface area contributed by atoms with Gasteiger partial charge in [0.25, 0.3) is 5.91 Å². The lowest BCUT2D eigenvalue weighted by Gasteiger charge is -2.18. The van der Waals surface area contributed by atoms with E-state index in [1.54, 1.807) is 19.1 Å². The van der Waals surface area contributed by atoms with Crippen molar-refractivity contribution in [1.29, 1.82) is 5.26 Å². The summed E-state index contributed by atoms with van der Waals surface area (Å²) in [7, 11) is 0. The first-order valence-corrected chi connectivity index (χ1v) is 14.0. The molecule has 3 amide bonds. The Morgan fingerprint density at radius 1 is 1.00 bits per heavy atom. The second-order valence-corrected chi connectivity index (χ2v) is 12.3. The van der Waals surface area contributed by atoms with Crippen LogP contribution in [0.3, 0.4) is 0 Å². The number of nitrogens with zero attached hydrogens (tertiary/aromatic N) is 1. The van der Waals surface area contributed by atoms with E-state index in [1.807, 2.05) is 70.2 Å². The van der Waals surface area contributed by atoms with E-state index in [0.29, 0.717) is 39.7 Å². The van der Waals surface area contributed by atoms with Crippen molar-refractivity contribution in [3.05, 3.63) is 70.6 Å². The van der Waals surface area contributed by atoms with Gasteiger partial charge in [-0.3, -0.25) is 14.4 Å². The predicted molar refractivity (Wildman–Crippen MR) is 156 cm³/mol. The molecule has 38 heavy (non-hydrogen) atoms. The van der Waals surface area contributed by atoms with Gasteiger partial charge in [0.15, 0.2) is 0 Å². The lowest BCUT2D eigenvalue weighted by atomic mass is 9.92. The van der Waals surface area contributed by atoms with Crippen LogP contribution in [0.15, 0.2) is 59.5 Å². The van der Waals surface area contributed by atoms with Gasteiger partial charge in [0.1, 0.15) is 11.1 Å². The lowest BCUT2D eigenvalue weighted by Crippen LogP contribution is -2.24. The summed E-state index contributed by atoms with van der Waals surface area (Å²) in [4.78, 5) is 39.6. The fourth-order valence-corrected chi connectivity index (χ4v) is 5.74. The molecule has 0 fully saturated rings. The largest absolute Gasteiger partial charge is 0.326 e. The van der Waals surface area contributed by atoms with Gasteiger partial charge in [-0.15, -0.1) is 23.1 Å². The molecule has 2 aromatic carbocycles. The predicted octanol–water partition coefficient (Wildman–Crippen LogP) is 7.06. The summed E-state index contributed by atoms with van der Waals surface area (Å²) in [6, 6.07) is 18.6. The maximum Gasteiger partial charge on any atom is 0.266 e. The van der Waals surface area contributed by atoms with Crippen LogP contribution in [0.2, 0.25) is 0 Å². The van der Waals surface area contributed by atoms with Gasteiger partial charge in [-0.25, -0.2) is 0 Å². The number of anilines is 3. The molecule has 0 aliphatic carbocycles. The van der Waals surface area contributed by atoms with Gasteiger partial charge in [0.05, 0.1) is 15.7 Å². The van der Waals surface area contributed by atoms with Crippen molar-refractivity contribution >= 4 is 57.2 Å². The average molecular weight is 549 g/mol. The van der Waals surface area contributed by atoms with E-state index in [9.17, 15) is 19.6 Å². The number of rotatable bonds is 9. The van der Waals surface area contributed by atoms with Gasteiger partial charge >= 0.3 is 0 Å². The van der Waals surface area contributed by atoms with Crippen molar-refractivity contribution in [2.24, 2.45) is 5.41 Å². The molecule has 0 saturated carbocycles. The standard InChI is InChI=1S/C29H32N4O3S2/c1-6-23(37-21-14-10-13-20(15-21)31-24(34)16-29(3,4)5)26(35)33-28-22(17-30)18(2)25(38-28)27(36)32-19-11-8-7-9-12-19/h7-15,23H,6,16H2,1-5H3,(H,31,34)(H,32,36)(H,33,35). The van der Waals surface area contributed by atoms with E-state index in [-0.39, 0.29) is 28.7 Å². The third kappa shape index (κ3) is 7.94. The van der Waals surface area contributed by atoms with Crippen molar-refractivity contribution in [3.63, 3.8) is 0 Å². The van der Waals surface area contributed by atoms with Crippen LogP contribution in [0, 0.1) is 23.7 Å². The first-order chi connectivity index (χ1) is 18.0. The normalized spacial score (nSPS) is 11.8. The monoisotopic (exact) mass is 548 g/mol. The van der Waals surface area contributed by atoms with Gasteiger partial charge in [-0.1, -0.05) is 52.0 Å². The Morgan fingerprint density at radius 2 is 1.68 bits per heavy atom. The minimum absolute atomic E-state index is 0.0614. The van der Waals surface area contributed by atoms with Gasteiger partial charge in [0, 0.05) is 22.7 Å². The summed E-state index contributed by atoms with van der Waals surface area (Å²) in [6.07, 6.45) is 0.946. The van der Waals surface area contributed by atoms with Crippen LogP contribution in [0.4, 0.5) is 16.4 Å². The molecule has 1 aromatic heterocycles. The number of benzene rings is 2. The molecule has 0 radical (unpaired) electrons. The van der Waals surface area contributed by atoms with Gasteiger partial charge in [-0.2, -0.15) is 5.26 Å². The Bertz CT molecular complexity index is 1350. The zero-order valence-electron chi connectivity index (χ0n) is 22.2. The second-order valence-electron chi connectivity index (χ2n) is 10.0. The Labute approximate surface area is 232 Å². The summed E-state index contributed by atoms with van der Waals surface area (Å²) >= 11 is 2.47. The maximum atomic E-state index is 13.2. The minimum Gasteiger partial charge on any atom is -0.326 e. The zero-order chi connectivity index (χ0) is 27.9. The van der Waals surface area contributed by atoms with Crippen LogP contribution in [-0.4, -0.2) is 23.0 Å². The SMILES string of the molecule is CCC(Sc1cccc(NC(=O)CC(C)(C)C)c1)C(=O)Nc1sc(C(=O)Nc2ccccc2)c(C)c1C#N. The Kier molecular flexibility index (Phi) is 9.72. The quantitative estimate of drug-likeness (QED) is 0.248. The number of thiophene rings is 1. The third-order valence-corrected chi connectivity index (χ3v) is 8.05. The van der Waals surface area contributed by atoms with Crippen LogP contribution >= 0.6 is 23.1 Å². The molecule has 1 atom stereocenters. The lowest BCUT2D eigenvalue weighted by molar-refractivity contribution is -0.118. The van der Waals surface area contributed by atoms with Crippen LogP contribution in [0.1, 0.15) is 61.3 Å². The molecule has 3 N–H and O–H groups in total. The van der Waals surface area contributed by atoms with Crippen molar-refractivity contribution in [1.82, 2.24) is 0 Å². The van der Waals surface area contributed by atoms with Gasteiger partial charge in [-0.05, 0) is 54.7 Å². The van der Waals surface area contributed by atoms with Crippen LogP contribution in [0.25, 0.3) is 0 Å². The summed E-state index contributed by atoms with van der Waals surface area (Å²) in [5, 5.41) is 18.3. The van der Waals surface area contributed by atoms with E-state index >= 15 is 0 Å². The van der Waals surface area contributed by atoms with Crippen LogP contribution < -0.4 is 16.0 Å². The molecule has 198 valence electrons. The number of carbonyl (C=O) groups excluding carboxylic acids is 3. The molecule has 3 rings (SSSR count). The van der Waals surface area contributed by atoms with Crippen molar-refractivity contribution in [3.8, 4) is 6.07 Å². The molecule has 0 saturated heterocycles. The molecule has 0 bridgehead atoms. The van der Waals surface area contributed by atoms with Crippen molar-refractivity contribution in [2.75, 3.05) is 16.0 Å². The summed E-state index contributed by atoms with van der Waals surface area (Å²) in [5.41, 5.74) is 2.01. The average Bonchev–Trinajstić information content (AvgIpc) is 3.16. The fourth-order valence-electron chi connectivity index (χ4n) is 3.68. The van der Waals surface area contributed by atoms with Crippen LogP contribution in [0.5, 0.6) is 0 Å².